The van der Waals surface area contributed by atoms with Crippen molar-refractivity contribution in [2.45, 2.75) is 32.8 Å². The van der Waals surface area contributed by atoms with Crippen LogP contribution >= 0.6 is 0 Å². The number of benzene rings is 3. The van der Waals surface area contributed by atoms with Gasteiger partial charge in [0.25, 0.3) is 5.89 Å². The second kappa shape index (κ2) is 6.85. The molecule has 1 unspecified atom stereocenters. The van der Waals surface area contributed by atoms with E-state index in [9.17, 15) is 4.79 Å². The summed E-state index contributed by atoms with van der Waals surface area (Å²) in [6.45, 7) is 3.76. The molecule has 0 bridgehead atoms. The van der Waals surface area contributed by atoms with E-state index in [1.54, 1.807) is 6.92 Å². The van der Waals surface area contributed by atoms with Crippen LogP contribution in [0.25, 0.3) is 22.2 Å². The Bertz CT molecular complexity index is 1210. The standard InChI is InChI=1S/C24H20N2O3/c1-14-6-8-18(9-7-14)23-26-25-22(29-23)15(2)28-24(27)20-13-12-17-11-10-16-4-3-5-19(20)21(16)17/h3-9,12-13,15H,10-11H2,1-2H3. The Labute approximate surface area is 168 Å². The molecule has 0 aliphatic heterocycles. The van der Waals surface area contributed by atoms with Crippen LogP contribution in [0.2, 0.25) is 0 Å². The minimum absolute atomic E-state index is 0.278. The maximum Gasteiger partial charge on any atom is 0.339 e. The van der Waals surface area contributed by atoms with Gasteiger partial charge in [-0.05, 0) is 66.8 Å². The maximum absolute atomic E-state index is 12.9. The van der Waals surface area contributed by atoms with E-state index >= 15 is 0 Å². The van der Waals surface area contributed by atoms with Gasteiger partial charge >= 0.3 is 5.97 Å². The summed E-state index contributed by atoms with van der Waals surface area (Å²) in [5, 5.41) is 10.3. The fraction of sp³-hybridized carbons (Fsp3) is 0.208. The fourth-order valence-electron chi connectivity index (χ4n) is 3.91. The summed E-state index contributed by atoms with van der Waals surface area (Å²) in [5.74, 6) is 0.302. The van der Waals surface area contributed by atoms with Crippen molar-refractivity contribution in [1.29, 1.82) is 0 Å². The monoisotopic (exact) mass is 384 g/mol. The molecule has 0 radical (unpaired) electrons. The van der Waals surface area contributed by atoms with Crippen LogP contribution in [-0.2, 0) is 17.6 Å². The molecule has 0 saturated heterocycles. The molecule has 144 valence electrons. The highest BCUT2D eigenvalue weighted by Crippen LogP contribution is 2.33. The molecule has 29 heavy (non-hydrogen) atoms. The molecule has 4 aromatic rings. The lowest BCUT2D eigenvalue weighted by molar-refractivity contribution is 0.0282. The van der Waals surface area contributed by atoms with Gasteiger partial charge in [-0.2, -0.15) is 0 Å². The molecule has 5 rings (SSSR count). The van der Waals surface area contributed by atoms with Crippen molar-refractivity contribution >= 4 is 16.7 Å². The molecule has 0 amide bonds. The zero-order valence-electron chi connectivity index (χ0n) is 16.3. The largest absolute Gasteiger partial charge is 0.449 e. The predicted molar refractivity (Wildman–Crippen MR) is 110 cm³/mol. The van der Waals surface area contributed by atoms with Gasteiger partial charge in [-0.25, -0.2) is 4.79 Å². The first-order chi connectivity index (χ1) is 14.1. The van der Waals surface area contributed by atoms with Crippen molar-refractivity contribution < 1.29 is 13.9 Å². The molecule has 0 fully saturated rings. The molecule has 1 aromatic heterocycles. The highest BCUT2D eigenvalue weighted by molar-refractivity contribution is 6.07. The first kappa shape index (κ1) is 17.6. The third-order valence-electron chi connectivity index (χ3n) is 5.47. The van der Waals surface area contributed by atoms with Gasteiger partial charge in [0.2, 0.25) is 5.89 Å². The van der Waals surface area contributed by atoms with Crippen LogP contribution in [0.1, 0.15) is 46.0 Å². The second-order valence-electron chi connectivity index (χ2n) is 7.47. The molecule has 0 N–H and O–H groups in total. The van der Waals surface area contributed by atoms with Gasteiger partial charge in [0.1, 0.15) is 0 Å². The maximum atomic E-state index is 12.9. The molecular weight excluding hydrogens is 364 g/mol. The van der Waals surface area contributed by atoms with Crippen LogP contribution in [0.3, 0.4) is 0 Å². The van der Waals surface area contributed by atoms with Crippen molar-refractivity contribution in [3.63, 3.8) is 0 Å². The normalized spacial score (nSPS) is 13.6. The number of hydrogen-bond donors (Lipinski definition) is 0. The van der Waals surface area contributed by atoms with E-state index in [1.807, 2.05) is 55.5 Å². The Kier molecular flexibility index (Phi) is 4.16. The first-order valence-corrected chi connectivity index (χ1v) is 9.75. The van der Waals surface area contributed by atoms with E-state index in [2.05, 4.69) is 16.3 Å². The minimum atomic E-state index is -0.641. The number of aryl methyl sites for hydroxylation is 3. The molecule has 5 nitrogen and oxygen atoms in total. The van der Waals surface area contributed by atoms with E-state index < -0.39 is 6.10 Å². The van der Waals surface area contributed by atoms with Gasteiger partial charge < -0.3 is 9.15 Å². The highest BCUT2D eigenvalue weighted by Gasteiger charge is 2.23. The van der Waals surface area contributed by atoms with Crippen LogP contribution < -0.4 is 0 Å². The molecule has 5 heteroatoms. The fourth-order valence-corrected chi connectivity index (χ4v) is 3.91. The van der Waals surface area contributed by atoms with E-state index in [4.69, 9.17) is 9.15 Å². The van der Waals surface area contributed by atoms with Crippen LogP contribution in [0.15, 0.2) is 59.0 Å². The van der Waals surface area contributed by atoms with Crippen LogP contribution in [0.5, 0.6) is 0 Å². The Balaban J connectivity index is 1.39. The lowest BCUT2D eigenvalue weighted by Gasteiger charge is -2.12. The number of esters is 1. The van der Waals surface area contributed by atoms with Gasteiger partial charge in [-0.15, -0.1) is 10.2 Å². The van der Waals surface area contributed by atoms with Crippen LogP contribution in [0.4, 0.5) is 0 Å². The number of hydrogen-bond acceptors (Lipinski definition) is 5. The molecule has 1 aliphatic carbocycles. The average molecular weight is 384 g/mol. The summed E-state index contributed by atoms with van der Waals surface area (Å²) in [4.78, 5) is 12.9. The Morgan fingerprint density at radius 1 is 1.00 bits per heavy atom. The number of nitrogens with zero attached hydrogens (tertiary/aromatic N) is 2. The third kappa shape index (κ3) is 3.09. The SMILES string of the molecule is Cc1ccc(-c2nnc(C(C)OC(=O)c3ccc4c5c(cccc35)CC4)o2)cc1. The Morgan fingerprint density at radius 2 is 1.76 bits per heavy atom. The van der Waals surface area contributed by atoms with E-state index in [0.29, 0.717) is 11.5 Å². The van der Waals surface area contributed by atoms with Gasteiger partial charge in [-0.1, -0.05) is 42.0 Å². The lowest BCUT2D eigenvalue weighted by atomic mass is 10.00. The van der Waals surface area contributed by atoms with Gasteiger partial charge in [0.05, 0.1) is 5.56 Å². The summed E-state index contributed by atoms with van der Waals surface area (Å²) in [7, 11) is 0. The number of aromatic nitrogens is 2. The quantitative estimate of drug-likeness (QED) is 0.452. The van der Waals surface area contributed by atoms with Crippen molar-refractivity contribution in [1.82, 2.24) is 10.2 Å². The third-order valence-corrected chi connectivity index (χ3v) is 5.47. The van der Waals surface area contributed by atoms with E-state index in [-0.39, 0.29) is 11.9 Å². The van der Waals surface area contributed by atoms with Gasteiger partial charge in [0, 0.05) is 5.56 Å². The van der Waals surface area contributed by atoms with Gasteiger partial charge in [-0.3, -0.25) is 0 Å². The van der Waals surface area contributed by atoms with Crippen LogP contribution in [0, 0.1) is 6.92 Å². The zero-order chi connectivity index (χ0) is 20.0. The van der Waals surface area contributed by atoms with Crippen molar-refractivity contribution in [3.05, 3.63) is 82.7 Å². The molecule has 1 aliphatic rings. The molecule has 3 aromatic carbocycles. The Hall–Kier alpha value is -3.47. The summed E-state index contributed by atoms with van der Waals surface area (Å²) in [6.07, 6.45) is 1.40. The molecular formula is C24H20N2O3. The molecule has 1 heterocycles. The summed E-state index contributed by atoms with van der Waals surface area (Å²) >= 11 is 0. The van der Waals surface area contributed by atoms with Crippen molar-refractivity contribution in [2.24, 2.45) is 0 Å². The first-order valence-electron chi connectivity index (χ1n) is 9.75. The van der Waals surface area contributed by atoms with Crippen molar-refractivity contribution in [3.8, 4) is 11.5 Å². The topological polar surface area (TPSA) is 65.2 Å². The van der Waals surface area contributed by atoms with E-state index in [0.717, 1.165) is 29.4 Å². The van der Waals surface area contributed by atoms with E-state index in [1.165, 1.54) is 16.5 Å². The van der Waals surface area contributed by atoms with Crippen LogP contribution in [-0.4, -0.2) is 16.2 Å². The molecule has 1 atom stereocenters. The summed E-state index contributed by atoms with van der Waals surface area (Å²) in [6, 6.07) is 17.8. The Morgan fingerprint density at radius 3 is 2.55 bits per heavy atom. The molecule has 0 saturated carbocycles. The molecule has 0 spiro atoms. The smallest absolute Gasteiger partial charge is 0.339 e. The number of carbonyl (C=O) groups excluding carboxylic acids is 1. The van der Waals surface area contributed by atoms with Gasteiger partial charge in [0.15, 0.2) is 6.10 Å². The number of carbonyl (C=O) groups is 1. The number of rotatable bonds is 4. The zero-order valence-corrected chi connectivity index (χ0v) is 16.3. The second-order valence-corrected chi connectivity index (χ2v) is 7.47. The van der Waals surface area contributed by atoms with Crippen molar-refractivity contribution in [2.75, 3.05) is 0 Å². The summed E-state index contributed by atoms with van der Waals surface area (Å²) < 4.78 is 11.4. The number of ether oxygens (including phenoxy) is 1. The summed E-state index contributed by atoms with van der Waals surface area (Å²) in [5.41, 5.74) is 5.14. The highest BCUT2D eigenvalue weighted by atomic mass is 16.6. The lowest BCUT2D eigenvalue weighted by Crippen LogP contribution is -2.10. The predicted octanol–water partition coefficient (Wildman–Crippen LogP) is 5.21. The average Bonchev–Trinajstić information content (AvgIpc) is 3.38. The minimum Gasteiger partial charge on any atom is -0.449 e.